The topological polar surface area (TPSA) is 71.4 Å². The van der Waals surface area contributed by atoms with Crippen LogP contribution in [0.1, 0.15) is 22.3 Å². The van der Waals surface area contributed by atoms with Crippen molar-refractivity contribution in [1.82, 2.24) is 5.01 Å². The number of hydrogen-bond donors (Lipinski definition) is 1. The molecule has 28 heavy (non-hydrogen) atoms. The van der Waals surface area contributed by atoms with E-state index in [9.17, 15) is 23.1 Å². The standard InChI is InChI=1S/C19H17F3N2O4/c1-27-14-8-6-12(7-9-14)17(25)24-18(26,19(20,21)22)11-16(23-24)13-4-3-5-15(10-13)28-2/h3-10,26H,11H2,1-2H3/t18-/m0/s1. The molecule has 1 aliphatic heterocycles. The third kappa shape index (κ3) is 3.40. The highest BCUT2D eigenvalue weighted by Crippen LogP contribution is 2.42. The second-order valence-electron chi connectivity index (χ2n) is 6.12. The van der Waals surface area contributed by atoms with E-state index >= 15 is 0 Å². The number of carbonyl (C=O) groups is 1. The molecule has 1 amide bonds. The summed E-state index contributed by atoms with van der Waals surface area (Å²) >= 11 is 0. The Hall–Kier alpha value is -3.07. The zero-order valence-electron chi connectivity index (χ0n) is 15.0. The number of methoxy groups -OCH3 is 2. The van der Waals surface area contributed by atoms with Gasteiger partial charge in [-0.05, 0) is 36.4 Å². The van der Waals surface area contributed by atoms with Crippen molar-refractivity contribution >= 4 is 11.6 Å². The van der Waals surface area contributed by atoms with Gasteiger partial charge in [-0.25, -0.2) is 0 Å². The van der Waals surface area contributed by atoms with Gasteiger partial charge in [0.1, 0.15) is 11.5 Å². The number of ether oxygens (including phenoxy) is 2. The smallest absolute Gasteiger partial charge is 0.438 e. The molecule has 0 unspecified atom stereocenters. The molecular formula is C19H17F3N2O4. The van der Waals surface area contributed by atoms with Crippen LogP contribution in [-0.2, 0) is 0 Å². The molecule has 0 aromatic heterocycles. The lowest BCUT2D eigenvalue weighted by molar-refractivity contribution is -0.297. The van der Waals surface area contributed by atoms with Gasteiger partial charge in [-0.15, -0.1) is 0 Å². The van der Waals surface area contributed by atoms with Gasteiger partial charge in [-0.3, -0.25) is 4.79 Å². The summed E-state index contributed by atoms with van der Waals surface area (Å²) in [6, 6.07) is 11.7. The minimum Gasteiger partial charge on any atom is -0.497 e. The Morgan fingerprint density at radius 1 is 1.11 bits per heavy atom. The third-order valence-electron chi connectivity index (χ3n) is 4.37. The van der Waals surface area contributed by atoms with Crippen LogP contribution in [0.15, 0.2) is 53.6 Å². The van der Waals surface area contributed by atoms with E-state index in [0.717, 1.165) is 0 Å². The molecule has 9 heteroatoms. The minimum atomic E-state index is -5.11. The molecular weight excluding hydrogens is 377 g/mol. The minimum absolute atomic E-state index is 0.0703. The van der Waals surface area contributed by atoms with Crippen LogP contribution in [0.3, 0.4) is 0 Å². The largest absolute Gasteiger partial charge is 0.497 e. The van der Waals surface area contributed by atoms with E-state index in [1.54, 1.807) is 12.1 Å². The highest BCUT2D eigenvalue weighted by atomic mass is 19.4. The van der Waals surface area contributed by atoms with Crippen LogP contribution in [0.5, 0.6) is 11.5 Å². The molecule has 1 N–H and O–H groups in total. The Morgan fingerprint density at radius 2 is 1.75 bits per heavy atom. The molecule has 1 heterocycles. The van der Waals surface area contributed by atoms with Crippen molar-refractivity contribution in [2.24, 2.45) is 5.10 Å². The first kappa shape index (κ1) is 19.7. The predicted molar refractivity (Wildman–Crippen MR) is 94.3 cm³/mol. The van der Waals surface area contributed by atoms with Crippen LogP contribution < -0.4 is 9.47 Å². The number of nitrogens with zero attached hydrogens (tertiary/aromatic N) is 2. The normalized spacial score (nSPS) is 19.4. The van der Waals surface area contributed by atoms with E-state index in [4.69, 9.17) is 9.47 Å². The van der Waals surface area contributed by atoms with Gasteiger partial charge in [0.2, 0.25) is 0 Å². The van der Waals surface area contributed by atoms with Crippen molar-refractivity contribution < 1.29 is 32.5 Å². The van der Waals surface area contributed by atoms with Crippen molar-refractivity contribution in [3.05, 3.63) is 59.7 Å². The quantitative estimate of drug-likeness (QED) is 0.865. The molecule has 0 aliphatic carbocycles. The monoisotopic (exact) mass is 394 g/mol. The number of hydrazone groups is 1. The zero-order valence-corrected chi connectivity index (χ0v) is 15.0. The summed E-state index contributed by atoms with van der Waals surface area (Å²) in [6.07, 6.45) is -6.01. The van der Waals surface area contributed by atoms with Crippen LogP contribution in [0, 0.1) is 0 Å². The summed E-state index contributed by atoms with van der Waals surface area (Å²) in [7, 11) is 2.84. The number of hydrogen-bond acceptors (Lipinski definition) is 5. The average Bonchev–Trinajstić information content (AvgIpc) is 3.06. The van der Waals surface area contributed by atoms with Crippen LogP contribution in [0.25, 0.3) is 0 Å². The highest BCUT2D eigenvalue weighted by molar-refractivity contribution is 6.05. The van der Waals surface area contributed by atoms with E-state index in [2.05, 4.69) is 5.10 Å². The molecule has 2 aromatic carbocycles. The lowest BCUT2D eigenvalue weighted by Gasteiger charge is -2.32. The fraction of sp³-hybridized carbons (Fsp3) is 0.263. The van der Waals surface area contributed by atoms with Gasteiger partial charge in [-0.1, -0.05) is 12.1 Å². The first-order chi connectivity index (χ1) is 13.2. The number of rotatable bonds is 4. The van der Waals surface area contributed by atoms with E-state index in [1.807, 2.05) is 0 Å². The van der Waals surface area contributed by atoms with Gasteiger partial charge in [0.05, 0.1) is 26.4 Å². The van der Waals surface area contributed by atoms with Crippen LogP contribution in [0.4, 0.5) is 13.2 Å². The molecule has 2 aromatic rings. The molecule has 0 fully saturated rings. The van der Waals surface area contributed by atoms with Crippen LogP contribution in [0.2, 0.25) is 0 Å². The molecule has 1 aliphatic rings. The van der Waals surface area contributed by atoms with E-state index in [1.165, 1.54) is 50.6 Å². The second kappa shape index (κ2) is 7.16. The number of aliphatic hydroxyl groups is 1. The fourth-order valence-corrected chi connectivity index (χ4v) is 2.80. The van der Waals surface area contributed by atoms with Gasteiger partial charge < -0.3 is 14.6 Å². The Bertz CT molecular complexity index is 912. The van der Waals surface area contributed by atoms with E-state index in [0.29, 0.717) is 17.1 Å². The van der Waals surface area contributed by atoms with Gasteiger partial charge in [0.15, 0.2) is 0 Å². The maximum absolute atomic E-state index is 13.7. The lowest BCUT2D eigenvalue weighted by atomic mass is 10.0. The van der Waals surface area contributed by atoms with Crippen LogP contribution >= 0.6 is 0 Å². The molecule has 148 valence electrons. The number of benzene rings is 2. The number of amides is 1. The van der Waals surface area contributed by atoms with Crippen molar-refractivity contribution in [1.29, 1.82) is 0 Å². The Balaban J connectivity index is 2.02. The summed E-state index contributed by atoms with van der Waals surface area (Å²) in [6.45, 7) is 0. The molecule has 0 bridgehead atoms. The zero-order chi connectivity index (χ0) is 20.5. The summed E-state index contributed by atoms with van der Waals surface area (Å²) in [5, 5.41) is 14.3. The number of halogens is 3. The van der Waals surface area contributed by atoms with Gasteiger partial charge in [0, 0.05) is 11.1 Å². The Kier molecular flexibility index (Phi) is 5.03. The lowest BCUT2D eigenvalue weighted by Crippen LogP contribution is -2.56. The Labute approximate surface area is 158 Å². The van der Waals surface area contributed by atoms with Crippen molar-refractivity contribution in [3.8, 4) is 11.5 Å². The van der Waals surface area contributed by atoms with Gasteiger partial charge >= 0.3 is 6.18 Å². The third-order valence-corrected chi connectivity index (χ3v) is 4.37. The van der Waals surface area contributed by atoms with E-state index < -0.39 is 24.2 Å². The molecule has 0 saturated heterocycles. The number of carbonyl (C=O) groups excluding carboxylic acids is 1. The van der Waals surface area contributed by atoms with Crippen molar-refractivity contribution in [2.75, 3.05) is 14.2 Å². The first-order valence-electron chi connectivity index (χ1n) is 8.19. The highest BCUT2D eigenvalue weighted by Gasteiger charge is 2.63. The Morgan fingerprint density at radius 3 is 2.32 bits per heavy atom. The molecule has 0 radical (unpaired) electrons. The SMILES string of the molecule is COc1ccc(C(=O)N2N=C(c3cccc(OC)c3)C[C@]2(O)C(F)(F)F)cc1. The molecule has 6 nitrogen and oxygen atoms in total. The van der Waals surface area contributed by atoms with E-state index in [-0.39, 0.29) is 16.3 Å². The molecule has 0 spiro atoms. The second-order valence-corrected chi connectivity index (χ2v) is 6.12. The maximum Gasteiger partial charge on any atom is 0.438 e. The molecule has 3 rings (SSSR count). The summed E-state index contributed by atoms with van der Waals surface area (Å²) in [5.41, 5.74) is -3.30. The summed E-state index contributed by atoms with van der Waals surface area (Å²) in [4.78, 5) is 12.7. The maximum atomic E-state index is 13.7. The van der Waals surface area contributed by atoms with Crippen LogP contribution in [-0.4, -0.2) is 47.9 Å². The van der Waals surface area contributed by atoms with Crippen molar-refractivity contribution in [3.63, 3.8) is 0 Å². The van der Waals surface area contributed by atoms with Gasteiger partial charge in [0.25, 0.3) is 11.6 Å². The van der Waals surface area contributed by atoms with Gasteiger partial charge in [-0.2, -0.15) is 23.3 Å². The first-order valence-corrected chi connectivity index (χ1v) is 8.19. The predicted octanol–water partition coefficient (Wildman–Crippen LogP) is 3.20. The average molecular weight is 394 g/mol. The number of alkyl halides is 3. The summed E-state index contributed by atoms with van der Waals surface area (Å²) in [5.74, 6) is -0.235. The fourth-order valence-electron chi connectivity index (χ4n) is 2.80. The molecule has 0 saturated carbocycles. The van der Waals surface area contributed by atoms with Crippen molar-refractivity contribution in [2.45, 2.75) is 18.3 Å². The molecule has 1 atom stereocenters. The summed E-state index contributed by atoms with van der Waals surface area (Å²) < 4.78 is 51.0.